The van der Waals surface area contributed by atoms with Crippen molar-refractivity contribution >= 4 is 0 Å². The lowest BCUT2D eigenvalue weighted by Gasteiger charge is -2.20. The second kappa shape index (κ2) is 2.67. The Labute approximate surface area is 94.6 Å². The van der Waals surface area contributed by atoms with Crippen LogP contribution in [0.5, 0.6) is 5.75 Å². The highest BCUT2D eigenvalue weighted by Gasteiger charge is 2.36. The summed E-state index contributed by atoms with van der Waals surface area (Å²) in [5, 5.41) is 9.97. The standard InChI is InChI=1S/C13H14N2O/c1-13(2)9-5-4-6-10(16)12(9)15-8-14(3)7-11(13)15/h4-7,16H,1-3H3. The molecule has 0 spiro atoms. The number of phenolic OH excluding ortho intramolecular Hbond substituents is 1. The Hall–Kier alpha value is -1.77. The lowest BCUT2D eigenvalue weighted by Crippen LogP contribution is -2.26. The maximum absolute atomic E-state index is 9.97. The molecule has 1 aliphatic heterocycles. The van der Waals surface area contributed by atoms with E-state index in [1.54, 1.807) is 6.07 Å². The molecule has 0 aliphatic carbocycles. The Morgan fingerprint density at radius 2 is 2.12 bits per heavy atom. The second-order valence-electron chi connectivity index (χ2n) is 4.86. The van der Waals surface area contributed by atoms with Crippen molar-refractivity contribution in [1.29, 1.82) is 0 Å². The summed E-state index contributed by atoms with van der Waals surface area (Å²) in [6.07, 6.45) is 5.24. The number of aromatic hydroxyl groups is 1. The van der Waals surface area contributed by atoms with Crippen molar-refractivity contribution in [3.8, 4) is 11.4 Å². The van der Waals surface area contributed by atoms with Crippen LogP contribution >= 0.6 is 0 Å². The van der Waals surface area contributed by atoms with Crippen LogP contribution in [0.2, 0.25) is 0 Å². The van der Waals surface area contributed by atoms with Gasteiger partial charge in [-0.1, -0.05) is 26.0 Å². The van der Waals surface area contributed by atoms with E-state index in [4.69, 9.17) is 0 Å². The predicted molar refractivity (Wildman–Crippen MR) is 59.6 cm³/mol. The number of para-hydroxylation sites is 1. The van der Waals surface area contributed by atoms with Crippen molar-refractivity contribution in [3.63, 3.8) is 0 Å². The zero-order valence-corrected chi connectivity index (χ0v) is 9.65. The number of rotatable bonds is 0. The molecule has 0 saturated carbocycles. The van der Waals surface area contributed by atoms with Crippen LogP contribution in [0.25, 0.3) is 5.69 Å². The smallest absolute Gasteiger partial charge is 0.243 e. The molecule has 0 fully saturated rings. The van der Waals surface area contributed by atoms with Gasteiger partial charge >= 0.3 is 0 Å². The number of imidazole rings is 1. The van der Waals surface area contributed by atoms with Gasteiger partial charge < -0.3 is 14.2 Å². The number of aryl methyl sites for hydroxylation is 1. The summed E-state index contributed by atoms with van der Waals surface area (Å²) in [6.45, 7) is 4.33. The van der Waals surface area contributed by atoms with Gasteiger partial charge in [0.05, 0.1) is 12.7 Å². The van der Waals surface area contributed by atoms with Gasteiger partial charge in [0.25, 0.3) is 0 Å². The van der Waals surface area contributed by atoms with Crippen LogP contribution in [-0.2, 0) is 12.5 Å². The monoisotopic (exact) mass is 214 g/mol. The molecule has 82 valence electrons. The number of nitrogens with zero attached hydrogens (tertiary/aromatic N) is 2. The third kappa shape index (κ3) is 0.953. The van der Waals surface area contributed by atoms with E-state index < -0.39 is 0 Å². The number of benzene rings is 1. The molecule has 3 rings (SSSR count). The largest absolute Gasteiger partial charge is 0.513 e. The molecule has 0 bridgehead atoms. The molecule has 0 amide bonds. The van der Waals surface area contributed by atoms with Gasteiger partial charge in [0.1, 0.15) is 5.75 Å². The van der Waals surface area contributed by atoms with Gasteiger partial charge in [-0.15, -0.1) is 0 Å². The third-order valence-corrected chi connectivity index (χ3v) is 3.37. The van der Waals surface area contributed by atoms with Crippen LogP contribution in [-0.4, -0.2) is 9.67 Å². The van der Waals surface area contributed by atoms with E-state index in [2.05, 4.69) is 32.4 Å². The number of aromatic nitrogens is 2. The fraction of sp³-hybridized carbons (Fsp3) is 0.308. The second-order valence-corrected chi connectivity index (χ2v) is 4.86. The van der Waals surface area contributed by atoms with E-state index in [1.807, 2.05) is 22.2 Å². The molecule has 1 aliphatic rings. The Bertz CT molecular complexity index is 582. The molecular formula is C13H14N2O. The highest BCUT2D eigenvalue weighted by atomic mass is 16.3. The van der Waals surface area contributed by atoms with E-state index in [0.29, 0.717) is 5.75 Å². The lowest BCUT2D eigenvalue weighted by atomic mass is 9.84. The SMILES string of the molecule is C[n+]1[c-]n2c(c1)C(C)(C)c1cccc(O)c1-2. The summed E-state index contributed by atoms with van der Waals surface area (Å²) in [4.78, 5) is 0. The van der Waals surface area contributed by atoms with E-state index in [9.17, 15) is 5.11 Å². The zero-order chi connectivity index (χ0) is 11.5. The quantitative estimate of drug-likeness (QED) is 0.522. The minimum atomic E-state index is -0.0775. The Kier molecular flexibility index (Phi) is 1.58. The molecule has 2 aromatic rings. The summed E-state index contributed by atoms with van der Waals surface area (Å²) in [7, 11) is 1.95. The minimum absolute atomic E-state index is 0.0775. The van der Waals surface area contributed by atoms with Gasteiger partial charge in [0, 0.05) is 17.3 Å². The predicted octanol–water partition coefficient (Wildman–Crippen LogP) is 1.45. The Morgan fingerprint density at radius 1 is 1.38 bits per heavy atom. The number of fused-ring (bicyclic) bond motifs is 3. The van der Waals surface area contributed by atoms with Gasteiger partial charge in [0.2, 0.25) is 6.33 Å². The van der Waals surface area contributed by atoms with E-state index in [-0.39, 0.29) is 5.41 Å². The van der Waals surface area contributed by atoms with Crippen molar-refractivity contribution in [2.45, 2.75) is 19.3 Å². The third-order valence-electron chi connectivity index (χ3n) is 3.37. The Balaban J connectivity index is 2.43. The highest BCUT2D eigenvalue weighted by Crippen LogP contribution is 2.44. The number of phenols is 1. The topological polar surface area (TPSA) is 29.0 Å². The van der Waals surface area contributed by atoms with Crippen LogP contribution in [0.15, 0.2) is 24.4 Å². The van der Waals surface area contributed by atoms with E-state index in [0.717, 1.165) is 16.9 Å². The van der Waals surface area contributed by atoms with Crippen LogP contribution in [0.4, 0.5) is 0 Å². The van der Waals surface area contributed by atoms with Gasteiger partial charge in [-0.2, -0.15) is 0 Å². The van der Waals surface area contributed by atoms with Crippen molar-refractivity contribution < 1.29 is 9.67 Å². The average molecular weight is 214 g/mol. The van der Waals surface area contributed by atoms with Crippen LogP contribution in [0, 0.1) is 6.33 Å². The van der Waals surface area contributed by atoms with Crippen LogP contribution < -0.4 is 4.57 Å². The molecule has 0 saturated heterocycles. The van der Waals surface area contributed by atoms with Gasteiger partial charge in [-0.25, -0.2) is 0 Å². The van der Waals surface area contributed by atoms with Crippen molar-refractivity contribution in [2.75, 3.05) is 0 Å². The molecule has 1 aromatic carbocycles. The zero-order valence-electron chi connectivity index (χ0n) is 9.65. The summed E-state index contributed by atoms with van der Waals surface area (Å²) in [6, 6.07) is 5.68. The first-order valence-electron chi connectivity index (χ1n) is 5.36. The van der Waals surface area contributed by atoms with Gasteiger partial charge in [-0.05, 0) is 11.6 Å². The van der Waals surface area contributed by atoms with E-state index in [1.165, 1.54) is 0 Å². The van der Waals surface area contributed by atoms with Gasteiger partial charge in [-0.3, -0.25) is 0 Å². The molecule has 3 nitrogen and oxygen atoms in total. The first-order chi connectivity index (χ1) is 7.51. The lowest BCUT2D eigenvalue weighted by molar-refractivity contribution is -0.675. The molecule has 1 aromatic heterocycles. The fourth-order valence-corrected chi connectivity index (χ4v) is 2.50. The first-order valence-corrected chi connectivity index (χ1v) is 5.36. The average Bonchev–Trinajstić information content (AvgIpc) is 2.67. The molecule has 0 atom stereocenters. The van der Waals surface area contributed by atoms with Crippen molar-refractivity contribution in [2.24, 2.45) is 7.05 Å². The molecule has 1 N–H and O–H groups in total. The highest BCUT2D eigenvalue weighted by molar-refractivity contribution is 5.62. The maximum atomic E-state index is 9.97. The molecular weight excluding hydrogens is 200 g/mol. The van der Waals surface area contributed by atoms with Crippen LogP contribution in [0.1, 0.15) is 25.1 Å². The Morgan fingerprint density at radius 3 is 2.88 bits per heavy atom. The number of hydrogen-bond acceptors (Lipinski definition) is 1. The first kappa shape index (κ1) is 9.46. The number of hydrogen-bond donors (Lipinski definition) is 1. The van der Waals surface area contributed by atoms with Crippen molar-refractivity contribution in [3.05, 3.63) is 42.0 Å². The summed E-state index contributed by atoms with van der Waals surface area (Å²) in [5.74, 6) is 0.316. The molecule has 16 heavy (non-hydrogen) atoms. The summed E-state index contributed by atoms with van der Waals surface area (Å²) in [5.41, 5.74) is 3.10. The fourth-order valence-electron chi connectivity index (χ4n) is 2.50. The molecule has 0 unspecified atom stereocenters. The minimum Gasteiger partial charge on any atom is -0.513 e. The van der Waals surface area contributed by atoms with Crippen LogP contribution in [0.3, 0.4) is 0 Å². The molecule has 2 heterocycles. The molecule has 0 radical (unpaired) electrons. The van der Waals surface area contributed by atoms with E-state index >= 15 is 0 Å². The maximum Gasteiger partial charge on any atom is 0.243 e. The van der Waals surface area contributed by atoms with Crippen molar-refractivity contribution in [1.82, 2.24) is 4.57 Å². The normalized spacial score (nSPS) is 15.9. The molecule has 3 heteroatoms. The summed E-state index contributed by atoms with van der Waals surface area (Å²) >= 11 is 0. The van der Waals surface area contributed by atoms with Gasteiger partial charge in [0.15, 0.2) is 0 Å². The summed E-state index contributed by atoms with van der Waals surface area (Å²) < 4.78 is 3.84.